The maximum Gasteiger partial charge on any atom is 0.00670 e. The number of nitrogens with two attached hydrogens (primary N) is 1. The van der Waals surface area contributed by atoms with Gasteiger partial charge >= 0.3 is 0 Å². The van der Waals surface area contributed by atoms with Crippen molar-refractivity contribution in [2.75, 3.05) is 0 Å². The number of hydrogen-bond donors (Lipinski definition) is 1. The maximum atomic E-state index is 6.42. The van der Waals surface area contributed by atoms with E-state index >= 15 is 0 Å². The fraction of sp³-hybridized carbons (Fsp3) is 1.00. The Morgan fingerprint density at radius 3 is 1.21 bits per heavy atom. The molecule has 1 atom stereocenters. The van der Waals surface area contributed by atoms with Crippen LogP contribution in [0, 0.1) is 5.41 Å². The predicted octanol–water partition coefficient (Wildman–Crippen LogP) is 6.06. The lowest BCUT2D eigenvalue weighted by atomic mass is 9.69. The molecule has 0 aliphatic heterocycles. The molecule has 0 fully saturated rings. The molecule has 0 aromatic carbocycles. The van der Waals surface area contributed by atoms with Crippen LogP contribution in [0.4, 0.5) is 0 Å². The molecular weight excluding hydrogens is 230 g/mol. The molecule has 1 unspecified atom stereocenters. The molecular formula is C18H39N. The molecule has 0 heterocycles. The van der Waals surface area contributed by atoms with Crippen molar-refractivity contribution >= 4 is 0 Å². The highest BCUT2D eigenvalue weighted by Gasteiger charge is 2.32. The number of hydrogen-bond acceptors (Lipinski definition) is 1. The SMILES string of the molecule is CCCCCC(CCCCC)(CCCCC)C(C)N. The van der Waals surface area contributed by atoms with Crippen LogP contribution in [-0.4, -0.2) is 6.04 Å². The highest BCUT2D eigenvalue weighted by atomic mass is 14.7. The number of unbranched alkanes of at least 4 members (excludes halogenated alkanes) is 6. The lowest BCUT2D eigenvalue weighted by Gasteiger charge is -2.38. The maximum absolute atomic E-state index is 6.42. The van der Waals surface area contributed by atoms with E-state index in [-0.39, 0.29) is 0 Å². The van der Waals surface area contributed by atoms with Crippen LogP contribution < -0.4 is 5.73 Å². The van der Waals surface area contributed by atoms with Crippen LogP contribution in [0.15, 0.2) is 0 Å². The van der Waals surface area contributed by atoms with Crippen LogP contribution in [-0.2, 0) is 0 Å². The molecule has 0 aliphatic carbocycles. The van der Waals surface area contributed by atoms with Crippen LogP contribution >= 0.6 is 0 Å². The quantitative estimate of drug-likeness (QED) is 0.404. The van der Waals surface area contributed by atoms with E-state index in [9.17, 15) is 0 Å². The third-order valence-electron chi connectivity index (χ3n) is 4.80. The van der Waals surface area contributed by atoms with E-state index < -0.39 is 0 Å². The Morgan fingerprint density at radius 1 is 0.684 bits per heavy atom. The second-order valence-electron chi connectivity index (χ2n) is 6.52. The fourth-order valence-electron chi connectivity index (χ4n) is 3.24. The second-order valence-corrected chi connectivity index (χ2v) is 6.52. The molecule has 2 N–H and O–H groups in total. The summed E-state index contributed by atoms with van der Waals surface area (Å²) in [6, 6.07) is 0.359. The van der Waals surface area contributed by atoms with E-state index in [1.165, 1.54) is 77.0 Å². The first-order chi connectivity index (χ1) is 9.13. The molecule has 0 rings (SSSR count). The topological polar surface area (TPSA) is 26.0 Å². The zero-order valence-electron chi connectivity index (χ0n) is 14.1. The van der Waals surface area contributed by atoms with Gasteiger partial charge in [-0.05, 0) is 31.6 Å². The van der Waals surface area contributed by atoms with Crippen molar-refractivity contribution in [1.82, 2.24) is 0 Å². The van der Waals surface area contributed by atoms with E-state index in [1.807, 2.05) is 0 Å². The van der Waals surface area contributed by atoms with Gasteiger partial charge in [0.15, 0.2) is 0 Å². The molecule has 0 saturated carbocycles. The fourth-order valence-corrected chi connectivity index (χ4v) is 3.24. The van der Waals surface area contributed by atoms with Crippen molar-refractivity contribution in [2.24, 2.45) is 11.1 Å². The first-order valence-corrected chi connectivity index (χ1v) is 8.88. The molecule has 0 aromatic rings. The van der Waals surface area contributed by atoms with Crippen molar-refractivity contribution < 1.29 is 0 Å². The smallest absolute Gasteiger partial charge is 0.00670 e. The molecule has 0 spiro atoms. The van der Waals surface area contributed by atoms with E-state index in [0.717, 1.165) is 0 Å². The van der Waals surface area contributed by atoms with Crippen molar-refractivity contribution in [3.63, 3.8) is 0 Å². The van der Waals surface area contributed by atoms with E-state index in [4.69, 9.17) is 5.73 Å². The van der Waals surface area contributed by atoms with Crippen molar-refractivity contribution in [1.29, 1.82) is 0 Å². The van der Waals surface area contributed by atoms with E-state index in [0.29, 0.717) is 11.5 Å². The molecule has 1 heteroatoms. The monoisotopic (exact) mass is 269 g/mol. The summed E-state index contributed by atoms with van der Waals surface area (Å²) >= 11 is 0. The second kappa shape index (κ2) is 11.8. The highest BCUT2D eigenvalue weighted by molar-refractivity contribution is 4.87. The molecule has 0 amide bonds. The van der Waals surface area contributed by atoms with Gasteiger partial charge in [-0.1, -0.05) is 78.6 Å². The van der Waals surface area contributed by atoms with Crippen LogP contribution in [0.3, 0.4) is 0 Å². The van der Waals surface area contributed by atoms with Gasteiger partial charge < -0.3 is 5.73 Å². The van der Waals surface area contributed by atoms with Crippen LogP contribution in [0.2, 0.25) is 0 Å². The Bertz CT molecular complexity index is 160. The average Bonchev–Trinajstić information content (AvgIpc) is 2.38. The van der Waals surface area contributed by atoms with Gasteiger partial charge in [-0.2, -0.15) is 0 Å². The first kappa shape index (κ1) is 19.0. The van der Waals surface area contributed by atoms with Gasteiger partial charge in [0.1, 0.15) is 0 Å². The summed E-state index contributed by atoms with van der Waals surface area (Å²) in [5, 5.41) is 0. The summed E-state index contributed by atoms with van der Waals surface area (Å²) < 4.78 is 0. The van der Waals surface area contributed by atoms with Gasteiger partial charge in [0.05, 0.1) is 0 Å². The zero-order chi connectivity index (χ0) is 14.6. The molecule has 0 aromatic heterocycles. The summed E-state index contributed by atoms with van der Waals surface area (Å²) in [4.78, 5) is 0. The summed E-state index contributed by atoms with van der Waals surface area (Å²) in [6.07, 6.45) is 16.2. The van der Waals surface area contributed by atoms with Gasteiger partial charge in [-0.3, -0.25) is 0 Å². The van der Waals surface area contributed by atoms with Gasteiger partial charge in [0.2, 0.25) is 0 Å². The van der Waals surface area contributed by atoms with Gasteiger partial charge in [0, 0.05) is 6.04 Å². The normalized spacial score (nSPS) is 13.7. The molecule has 0 saturated heterocycles. The summed E-state index contributed by atoms with van der Waals surface area (Å²) in [5.41, 5.74) is 6.85. The van der Waals surface area contributed by atoms with Crippen LogP contribution in [0.5, 0.6) is 0 Å². The molecule has 0 bridgehead atoms. The van der Waals surface area contributed by atoms with E-state index in [2.05, 4.69) is 27.7 Å². The van der Waals surface area contributed by atoms with Gasteiger partial charge in [-0.15, -0.1) is 0 Å². The largest absolute Gasteiger partial charge is 0.327 e. The zero-order valence-corrected chi connectivity index (χ0v) is 14.1. The van der Waals surface area contributed by atoms with E-state index in [1.54, 1.807) is 0 Å². The molecule has 1 nitrogen and oxygen atoms in total. The summed E-state index contributed by atoms with van der Waals surface area (Å²) in [5.74, 6) is 0. The van der Waals surface area contributed by atoms with Crippen LogP contribution in [0.1, 0.15) is 105 Å². The lowest BCUT2D eigenvalue weighted by molar-refractivity contribution is 0.159. The third kappa shape index (κ3) is 7.97. The Balaban J connectivity index is 4.48. The summed E-state index contributed by atoms with van der Waals surface area (Å²) in [7, 11) is 0. The Kier molecular flexibility index (Phi) is 11.7. The Morgan fingerprint density at radius 2 is 1.00 bits per heavy atom. The van der Waals surface area contributed by atoms with Crippen molar-refractivity contribution in [2.45, 2.75) is 111 Å². The average molecular weight is 270 g/mol. The molecule has 19 heavy (non-hydrogen) atoms. The minimum atomic E-state index is 0.359. The Hall–Kier alpha value is -0.0400. The van der Waals surface area contributed by atoms with Crippen molar-refractivity contribution in [3.8, 4) is 0 Å². The standard InChI is InChI=1S/C18H39N/c1-5-8-11-14-18(17(4)19,15-12-9-6-2)16-13-10-7-3/h17H,5-16,19H2,1-4H3. The Labute approximate surface area is 122 Å². The molecule has 116 valence electrons. The van der Waals surface area contributed by atoms with Crippen LogP contribution in [0.25, 0.3) is 0 Å². The first-order valence-electron chi connectivity index (χ1n) is 8.88. The predicted molar refractivity (Wildman–Crippen MR) is 88.5 cm³/mol. The summed E-state index contributed by atoms with van der Waals surface area (Å²) in [6.45, 7) is 9.13. The highest BCUT2D eigenvalue weighted by Crippen LogP contribution is 2.39. The molecule has 0 aliphatic rings. The lowest BCUT2D eigenvalue weighted by Crippen LogP contribution is -2.39. The van der Waals surface area contributed by atoms with Crippen molar-refractivity contribution in [3.05, 3.63) is 0 Å². The third-order valence-corrected chi connectivity index (χ3v) is 4.80. The van der Waals surface area contributed by atoms with Gasteiger partial charge in [0.25, 0.3) is 0 Å². The minimum Gasteiger partial charge on any atom is -0.327 e. The number of rotatable bonds is 13. The molecule has 0 radical (unpaired) electrons. The van der Waals surface area contributed by atoms with Gasteiger partial charge in [-0.25, -0.2) is 0 Å². The minimum absolute atomic E-state index is 0.359.